The Hall–Kier alpha value is -1.04. The number of fused-ring (bicyclic) bond motifs is 1. The molecule has 15 heavy (non-hydrogen) atoms. The van der Waals surface area contributed by atoms with Gasteiger partial charge in [-0.25, -0.2) is 0 Å². The second kappa shape index (κ2) is 3.52. The number of nitrogens with one attached hydrogen (secondary N) is 1. The predicted molar refractivity (Wildman–Crippen MR) is 48.1 cm³/mol. The summed E-state index contributed by atoms with van der Waals surface area (Å²) in [5.41, 5.74) is 2.89. The molecule has 1 aliphatic rings. The average Bonchev–Trinajstić information content (AvgIpc) is 2.64. The first-order chi connectivity index (χ1) is 6.96. The standard InChI is InChI=1S/C9H12F3N3/c1-6-7-4-15(3-2-9(10,11)12)5-8(7)14-13-6/h2-5H2,1H3,(H,13,14). The van der Waals surface area contributed by atoms with E-state index in [1.54, 1.807) is 4.90 Å². The highest BCUT2D eigenvalue weighted by atomic mass is 19.4. The van der Waals surface area contributed by atoms with Crippen molar-refractivity contribution in [3.8, 4) is 0 Å². The number of aromatic nitrogens is 2. The number of rotatable bonds is 2. The molecule has 0 amide bonds. The van der Waals surface area contributed by atoms with Gasteiger partial charge in [0.25, 0.3) is 0 Å². The Balaban J connectivity index is 1.91. The first kappa shape index (κ1) is 10.5. The van der Waals surface area contributed by atoms with Crippen LogP contribution in [-0.2, 0) is 13.1 Å². The fourth-order valence-corrected chi connectivity index (χ4v) is 1.79. The lowest BCUT2D eigenvalue weighted by atomic mass is 10.2. The normalized spacial score (nSPS) is 17.1. The molecule has 0 unspecified atom stereocenters. The molecule has 0 spiro atoms. The van der Waals surface area contributed by atoms with Crippen LogP contribution in [0, 0.1) is 6.92 Å². The number of hydrogen-bond acceptors (Lipinski definition) is 2. The molecule has 0 bridgehead atoms. The molecule has 3 nitrogen and oxygen atoms in total. The van der Waals surface area contributed by atoms with Crippen LogP contribution < -0.4 is 0 Å². The Bertz CT molecular complexity index is 356. The fraction of sp³-hybridized carbons (Fsp3) is 0.667. The van der Waals surface area contributed by atoms with Crippen molar-refractivity contribution >= 4 is 0 Å². The second-order valence-corrected chi connectivity index (χ2v) is 3.84. The van der Waals surface area contributed by atoms with Crippen molar-refractivity contribution in [1.29, 1.82) is 0 Å². The van der Waals surface area contributed by atoms with Gasteiger partial charge in [-0.3, -0.25) is 10.00 Å². The Morgan fingerprint density at radius 1 is 1.40 bits per heavy atom. The van der Waals surface area contributed by atoms with Gasteiger partial charge in [0.2, 0.25) is 0 Å². The van der Waals surface area contributed by atoms with Crippen LogP contribution in [0.15, 0.2) is 0 Å². The van der Waals surface area contributed by atoms with Crippen molar-refractivity contribution in [3.63, 3.8) is 0 Å². The summed E-state index contributed by atoms with van der Waals surface area (Å²) in [5, 5.41) is 6.85. The molecule has 2 rings (SSSR count). The van der Waals surface area contributed by atoms with E-state index in [-0.39, 0.29) is 6.54 Å². The molecule has 1 aromatic heterocycles. The van der Waals surface area contributed by atoms with E-state index in [1.807, 2.05) is 6.92 Å². The van der Waals surface area contributed by atoms with E-state index in [0.29, 0.717) is 13.1 Å². The SMILES string of the molecule is Cc1n[nH]c2c1CN(CCC(F)(F)F)C2. The lowest BCUT2D eigenvalue weighted by Crippen LogP contribution is -2.23. The quantitative estimate of drug-likeness (QED) is 0.824. The third-order valence-electron chi connectivity index (χ3n) is 2.63. The highest BCUT2D eigenvalue weighted by molar-refractivity contribution is 5.27. The van der Waals surface area contributed by atoms with E-state index >= 15 is 0 Å². The topological polar surface area (TPSA) is 31.9 Å². The lowest BCUT2D eigenvalue weighted by Gasteiger charge is -2.15. The van der Waals surface area contributed by atoms with E-state index < -0.39 is 12.6 Å². The van der Waals surface area contributed by atoms with Crippen molar-refractivity contribution in [2.24, 2.45) is 0 Å². The van der Waals surface area contributed by atoms with Crippen LogP contribution >= 0.6 is 0 Å². The zero-order valence-electron chi connectivity index (χ0n) is 8.36. The number of aromatic amines is 1. The third kappa shape index (κ3) is 2.31. The molecule has 0 atom stereocenters. The zero-order valence-corrected chi connectivity index (χ0v) is 8.36. The van der Waals surface area contributed by atoms with Crippen LogP contribution in [0.3, 0.4) is 0 Å². The largest absolute Gasteiger partial charge is 0.390 e. The Morgan fingerprint density at radius 2 is 2.13 bits per heavy atom. The van der Waals surface area contributed by atoms with Crippen LogP contribution in [0.4, 0.5) is 13.2 Å². The number of H-pyrrole nitrogens is 1. The van der Waals surface area contributed by atoms with E-state index in [4.69, 9.17) is 0 Å². The number of aryl methyl sites for hydroxylation is 1. The van der Waals surface area contributed by atoms with Crippen molar-refractivity contribution in [1.82, 2.24) is 15.1 Å². The van der Waals surface area contributed by atoms with Gasteiger partial charge in [-0.15, -0.1) is 0 Å². The fourth-order valence-electron chi connectivity index (χ4n) is 1.79. The van der Waals surface area contributed by atoms with Gasteiger partial charge < -0.3 is 0 Å². The van der Waals surface area contributed by atoms with Gasteiger partial charge in [0.1, 0.15) is 0 Å². The smallest absolute Gasteiger partial charge is 0.293 e. The number of nitrogens with zero attached hydrogens (tertiary/aromatic N) is 2. The highest BCUT2D eigenvalue weighted by Crippen LogP contribution is 2.26. The molecule has 0 fully saturated rings. The van der Waals surface area contributed by atoms with Gasteiger partial charge in [-0.2, -0.15) is 18.3 Å². The van der Waals surface area contributed by atoms with Crippen LogP contribution in [0.1, 0.15) is 23.4 Å². The first-order valence-corrected chi connectivity index (χ1v) is 4.77. The van der Waals surface area contributed by atoms with Crippen LogP contribution in [0.2, 0.25) is 0 Å². The molecule has 0 aliphatic carbocycles. The second-order valence-electron chi connectivity index (χ2n) is 3.84. The number of halogens is 3. The Labute approximate surface area is 85.3 Å². The molecule has 0 saturated carbocycles. The summed E-state index contributed by atoms with van der Waals surface area (Å²) in [7, 11) is 0. The summed E-state index contributed by atoms with van der Waals surface area (Å²) in [4.78, 5) is 1.78. The molecular formula is C9H12F3N3. The van der Waals surface area contributed by atoms with Crippen LogP contribution in [0.25, 0.3) is 0 Å². The Morgan fingerprint density at radius 3 is 2.73 bits per heavy atom. The monoisotopic (exact) mass is 219 g/mol. The van der Waals surface area contributed by atoms with Crippen LogP contribution in [0.5, 0.6) is 0 Å². The molecule has 0 saturated heterocycles. The van der Waals surface area contributed by atoms with Gasteiger partial charge in [-0.05, 0) is 6.92 Å². The average molecular weight is 219 g/mol. The Kier molecular flexibility index (Phi) is 2.46. The summed E-state index contributed by atoms with van der Waals surface area (Å²) >= 11 is 0. The number of alkyl halides is 3. The van der Waals surface area contributed by atoms with Gasteiger partial charge in [0.05, 0.1) is 17.8 Å². The lowest BCUT2D eigenvalue weighted by molar-refractivity contribution is -0.138. The summed E-state index contributed by atoms with van der Waals surface area (Å²) in [6.45, 7) is 3.05. The highest BCUT2D eigenvalue weighted by Gasteiger charge is 2.30. The van der Waals surface area contributed by atoms with E-state index in [1.165, 1.54) is 0 Å². The maximum absolute atomic E-state index is 12.0. The van der Waals surface area contributed by atoms with Crippen molar-refractivity contribution in [3.05, 3.63) is 17.0 Å². The first-order valence-electron chi connectivity index (χ1n) is 4.77. The molecular weight excluding hydrogens is 207 g/mol. The van der Waals surface area contributed by atoms with Crippen molar-refractivity contribution in [2.45, 2.75) is 32.6 Å². The van der Waals surface area contributed by atoms with E-state index in [2.05, 4.69) is 10.2 Å². The predicted octanol–water partition coefficient (Wildman–Crippen LogP) is 1.99. The molecule has 84 valence electrons. The molecule has 1 N–H and O–H groups in total. The van der Waals surface area contributed by atoms with Crippen molar-refractivity contribution < 1.29 is 13.2 Å². The maximum atomic E-state index is 12.0. The van der Waals surface area contributed by atoms with Gasteiger partial charge in [0, 0.05) is 25.2 Å². The molecule has 0 radical (unpaired) electrons. The summed E-state index contributed by atoms with van der Waals surface area (Å²) < 4.78 is 36.0. The molecule has 0 aromatic carbocycles. The minimum atomic E-state index is -4.07. The van der Waals surface area contributed by atoms with Gasteiger partial charge in [-0.1, -0.05) is 0 Å². The molecule has 2 heterocycles. The molecule has 1 aliphatic heterocycles. The zero-order chi connectivity index (χ0) is 11.1. The van der Waals surface area contributed by atoms with E-state index in [0.717, 1.165) is 17.0 Å². The summed E-state index contributed by atoms with van der Waals surface area (Å²) in [5.74, 6) is 0. The number of hydrogen-bond donors (Lipinski definition) is 1. The third-order valence-corrected chi connectivity index (χ3v) is 2.63. The van der Waals surface area contributed by atoms with Crippen molar-refractivity contribution in [2.75, 3.05) is 6.54 Å². The minimum Gasteiger partial charge on any atom is -0.293 e. The van der Waals surface area contributed by atoms with Crippen LogP contribution in [-0.4, -0.2) is 27.8 Å². The van der Waals surface area contributed by atoms with Gasteiger partial charge in [0.15, 0.2) is 0 Å². The summed E-state index contributed by atoms with van der Waals surface area (Å²) in [6.07, 6.45) is -4.81. The maximum Gasteiger partial charge on any atom is 0.390 e. The minimum absolute atomic E-state index is 0.0610. The molecule has 1 aromatic rings. The molecule has 6 heteroatoms. The summed E-state index contributed by atoms with van der Waals surface area (Å²) in [6, 6.07) is 0. The van der Waals surface area contributed by atoms with E-state index in [9.17, 15) is 13.2 Å². The van der Waals surface area contributed by atoms with Gasteiger partial charge >= 0.3 is 6.18 Å².